The molecule has 0 radical (unpaired) electrons. The second-order valence-corrected chi connectivity index (χ2v) is 7.38. The lowest BCUT2D eigenvalue weighted by atomic mass is 10.1. The molecule has 6 nitrogen and oxygen atoms in total. The Morgan fingerprint density at radius 3 is 2.64 bits per heavy atom. The highest BCUT2D eigenvalue weighted by atomic mass is 35.5. The number of rotatable bonds is 2. The fourth-order valence-electron chi connectivity index (χ4n) is 2.52. The van der Waals surface area contributed by atoms with Gasteiger partial charge < -0.3 is 9.64 Å². The Bertz CT molecular complexity index is 763. The molecule has 1 saturated heterocycles. The molecule has 1 atom stereocenters. The van der Waals surface area contributed by atoms with Crippen molar-refractivity contribution in [1.82, 2.24) is 15.8 Å². The highest BCUT2D eigenvalue weighted by Crippen LogP contribution is 2.23. The van der Waals surface area contributed by atoms with Crippen LogP contribution >= 0.6 is 22.9 Å². The van der Waals surface area contributed by atoms with E-state index in [1.54, 1.807) is 23.1 Å². The molecule has 8 heteroatoms. The van der Waals surface area contributed by atoms with Crippen molar-refractivity contribution < 1.29 is 14.3 Å². The van der Waals surface area contributed by atoms with Gasteiger partial charge in [0.2, 0.25) is 0 Å². The van der Waals surface area contributed by atoms with Crippen molar-refractivity contribution in [3.05, 3.63) is 56.7 Å². The topological polar surface area (TPSA) is 70.7 Å². The van der Waals surface area contributed by atoms with Crippen LogP contribution in [0.3, 0.4) is 0 Å². The molecule has 132 valence electrons. The summed E-state index contributed by atoms with van der Waals surface area (Å²) in [7, 11) is 0. The van der Waals surface area contributed by atoms with Crippen LogP contribution in [0.1, 0.15) is 26.2 Å². The molecule has 2 heterocycles. The number of carbonyl (C=O) groups is 2. The third-order valence-corrected chi connectivity index (χ3v) is 5.09. The van der Waals surface area contributed by atoms with Crippen LogP contribution in [0.5, 0.6) is 0 Å². The van der Waals surface area contributed by atoms with E-state index in [0.717, 1.165) is 10.4 Å². The molecule has 3 rings (SSSR count). The second-order valence-electron chi connectivity index (χ2n) is 5.65. The van der Waals surface area contributed by atoms with Crippen molar-refractivity contribution in [3.63, 3.8) is 0 Å². The molecule has 2 N–H and O–H groups in total. The summed E-state index contributed by atoms with van der Waals surface area (Å²) in [6.07, 6.45) is -0.215. The second kappa shape index (κ2) is 7.86. The van der Waals surface area contributed by atoms with Gasteiger partial charge in [-0.15, -0.1) is 11.3 Å². The number of urea groups is 1. The van der Waals surface area contributed by atoms with Crippen molar-refractivity contribution in [2.75, 3.05) is 19.7 Å². The average Bonchev–Trinajstić information content (AvgIpc) is 3.06. The first kappa shape index (κ1) is 17.7. The van der Waals surface area contributed by atoms with Crippen molar-refractivity contribution >= 4 is 34.9 Å². The van der Waals surface area contributed by atoms with Crippen molar-refractivity contribution in [3.8, 4) is 0 Å². The number of halogens is 1. The molecule has 0 saturated carbocycles. The number of hydrogen-bond donors (Lipinski definition) is 2. The monoisotopic (exact) mass is 379 g/mol. The van der Waals surface area contributed by atoms with Crippen LogP contribution in [-0.2, 0) is 4.74 Å². The first-order chi connectivity index (χ1) is 12.0. The predicted molar refractivity (Wildman–Crippen MR) is 96.8 cm³/mol. The molecule has 0 spiro atoms. The molecule has 1 aliphatic heterocycles. The van der Waals surface area contributed by atoms with E-state index in [4.69, 9.17) is 16.3 Å². The van der Waals surface area contributed by atoms with Crippen LogP contribution in [-0.4, -0.2) is 36.5 Å². The van der Waals surface area contributed by atoms with Crippen LogP contribution < -0.4 is 10.9 Å². The first-order valence-corrected chi connectivity index (χ1v) is 9.01. The van der Waals surface area contributed by atoms with Gasteiger partial charge in [-0.25, -0.2) is 10.2 Å². The summed E-state index contributed by atoms with van der Waals surface area (Å²) in [4.78, 5) is 27.5. The van der Waals surface area contributed by atoms with E-state index in [9.17, 15) is 9.59 Å². The van der Waals surface area contributed by atoms with Crippen LogP contribution in [0.2, 0.25) is 5.02 Å². The quantitative estimate of drug-likeness (QED) is 0.787. The number of hydrogen-bond acceptors (Lipinski definition) is 4. The van der Waals surface area contributed by atoms with E-state index in [-0.39, 0.29) is 18.0 Å². The minimum Gasteiger partial charge on any atom is -0.370 e. The number of morpholine rings is 1. The summed E-state index contributed by atoms with van der Waals surface area (Å²) in [6.45, 7) is 3.22. The number of nitrogens with one attached hydrogen (secondary N) is 2. The van der Waals surface area contributed by atoms with Gasteiger partial charge in [-0.05, 0) is 36.8 Å². The minimum atomic E-state index is -0.358. The number of hydrazine groups is 1. The summed E-state index contributed by atoms with van der Waals surface area (Å²) in [5.74, 6) is -0.325. The van der Waals surface area contributed by atoms with E-state index in [1.807, 2.05) is 25.1 Å². The van der Waals surface area contributed by atoms with Gasteiger partial charge in [0.15, 0.2) is 0 Å². The summed E-state index contributed by atoms with van der Waals surface area (Å²) in [6, 6.07) is 10.6. The molecule has 0 aliphatic carbocycles. The van der Waals surface area contributed by atoms with Gasteiger partial charge in [0.25, 0.3) is 5.91 Å². The maximum atomic E-state index is 12.3. The van der Waals surface area contributed by atoms with Crippen LogP contribution in [0.4, 0.5) is 4.79 Å². The number of ether oxygens (including phenoxy) is 1. The normalized spacial score (nSPS) is 17.2. The van der Waals surface area contributed by atoms with E-state index < -0.39 is 0 Å². The highest BCUT2D eigenvalue weighted by molar-refractivity contribution is 7.13. The van der Waals surface area contributed by atoms with E-state index in [0.29, 0.717) is 29.6 Å². The smallest absolute Gasteiger partial charge is 0.336 e. The Kier molecular flexibility index (Phi) is 5.57. The predicted octanol–water partition coefficient (Wildman–Crippen LogP) is 3.14. The molecule has 3 amide bonds. The van der Waals surface area contributed by atoms with Crippen molar-refractivity contribution in [2.24, 2.45) is 0 Å². The molecule has 2 aromatic rings. The van der Waals surface area contributed by atoms with E-state index in [2.05, 4.69) is 10.9 Å². The fourth-order valence-corrected chi connectivity index (χ4v) is 3.41. The Morgan fingerprint density at radius 1 is 1.20 bits per heavy atom. The van der Waals surface area contributed by atoms with Gasteiger partial charge in [-0.1, -0.05) is 23.7 Å². The number of aryl methyl sites for hydroxylation is 1. The van der Waals surface area contributed by atoms with Gasteiger partial charge in [0, 0.05) is 16.4 Å². The molecule has 1 aromatic heterocycles. The van der Waals surface area contributed by atoms with Gasteiger partial charge in [0.05, 0.1) is 18.0 Å². The fraction of sp³-hybridized carbons (Fsp3) is 0.294. The van der Waals surface area contributed by atoms with E-state index >= 15 is 0 Å². The molecular formula is C17H18ClN3O3S. The van der Waals surface area contributed by atoms with Crippen LogP contribution in [0.25, 0.3) is 0 Å². The minimum absolute atomic E-state index is 0.215. The lowest BCUT2D eigenvalue weighted by molar-refractivity contribution is -0.0158. The zero-order chi connectivity index (χ0) is 17.8. The molecule has 25 heavy (non-hydrogen) atoms. The third kappa shape index (κ3) is 4.50. The van der Waals surface area contributed by atoms with Crippen molar-refractivity contribution in [2.45, 2.75) is 13.0 Å². The Morgan fingerprint density at radius 2 is 1.96 bits per heavy atom. The molecule has 1 unspecified atom stereocenters. The van der Waals surface area contributed by atoms with Gasteiger partial charge in [-0.2, -0.15) is 0 Å². The maximum absolute atomic E-state index is 12.3. The first-order valence-electron chi connectivity index (χ1n) is 7.81. The zero-order valence-corrected chi connectivity index (χ0v) is 15.2. The Hall–Kier alpha value is -2.09. The van der Waals surface area contributed by atoms with Crippen molar-refractivity contribution in [1.29, 1.82) is 0 Å². The zero-order valence-electron chi connectivity index (χ0n) is 13.6. The Labute approximate surface area is 154 Å². The number of nitrogens with zero attached hydrogens (tertiary/aromatic N) is 1. The molecule has 1 fully saturated rings. The highest BCUT2D eigenvalue weighted by Gasteiger charge is 2.25. The van der Waals surface area contributed by atoms with Gasteiger partial charge in [0.1, 0.15) is 6.10 Å². The standard InChI is InChI=1S/C17H18ClN3O3S/c1-11-2-7-15(25-11)16(22)19-20-17(23)21-8-9-24-14(10-21)12-3-5-13(18)6-4-12/h2-7,14H,8-10H2,1H3,(H,19,22)(H,20,23). The van der Waals surface area contributed by atoms with Crippen LogP contribution in [0, 0.1) is 6.92 Å². The summed E-state index contributed by atoms with van der Waals surface area (Å²) >= 11 is 7.27. The number of thiophene rings is 1. The summed E-state index contributed by atoms with van der Waals surface area (Å²) in [5.41, 5.74) is 5.86. The number of carbonyl (C=O) groups excluding carboxylic acids is 2. The number of benzene rings is 1. The van der Waals surface area contributed by atoms with Gasteiger partial charge >= 0.3 is 6.03 Å². The summed E-state index contributed by atoms with van der Waals surface area (Å²) in [5, 5.41) is 0.653. The largest absolute Gasteiger partial charge is 0.370 e. The average molecular weight is 380 g/mol. The SMILES string of the molecule is Cc1ccc(C(=O)NNC(=O)N2CCOC(c3ccc(Cl)cc3)C2)s1. The number of amides is 3. The molecular weight excluding hydrogens is 362 g/mol. The lowest BCUT2D eigenvalue weighted by Gasteiger charge is -2.33. The third-order valence-electron chi connectivity index (χ3n) is 3.84. The maximum Gasteiger partial charge on any atom is 0.336 e. The van der Waals surface area contributed by atoms with Gasteiger partial charge in [-0.3, -0.25) is 10.2 Å². The van der Waals surface area contributed by atoms with Crippen LogP contribution in [0.15, 0.2) is 36.4 Å². The summed E-state index contributed by atoms with van der Waals surface area (Å²) < 4.78 is 5.73. The molecule has 0 bridgehead atoms. The Balaban J connectivity index is 1.54. The molecule has 1 aromatic carbocycles. The van der Waals surface area contributed by atoms with E-state index in [1.165, 1.54) is 11.3 Å². The molecule has 1 aliphatic rings. The lowest BCUT2D eigenvalue weighted by Crippen LogP contribution is -2.52.